The number of carbonyl (C=O) groups is 1. The van der Waals surface area contributed by atoms with Gasteiger partial charge in [-0.3, -0.25) is 4.79 Å². The summed E-state index contributed by atoms with van der Waals surface area (Å²) < 4.78 is 5.12. The van der Waals surface area contributed by atoms with Gasteiger partial charge in [-0.2, -0.15) is 0 Å². The maximum atomic E-state index is 12.6. The van der Waals surface area contributed by atoms with Gasteiger partial charge in [0, 0.05) is 16.4 Å². The first-order chi connectivity index (χ1) is 12.2. The maximum absolute atomic E-state index is 12.6. The number of benzene rings is 3. The van der Waals surface area contributed by atoms with E-state index in [-0.39, 0.29) is 5.91 Å². The zero-order valence-electron chi connectivity index (χ0n) is 13.6. The molecular formula is C20H17ClN2O2. The predicted molar refractivity (Wildman–Crippen MR) is 102 cm³/mol. The summed E-state index contributed by atoms with van der Waals surface area (Å²) in [4.78, 5) is 12.6. The summed E-state index contributed by atoms with van der Waals surface area (Å²) in [7, 11) is 1.60. The minimum Gasteiger partial charge on any atom is -0.497 e. The molecule has 0 unspecified atom stereocenters. The van der Waals surface area contributed by atoms with E-state index in [0.29, 0.717) is 22.0 Å². The van der Waals surface area contributed by atoms with Crippen molar-refractivity contribution in [2.75, 3.05) is 17.7 Å². The molecule has 126 valence electrons. The Bertz CT molecular complexity index is 879. The fraction of sp³-hybridized carbons (Fsp3) is 0.0500. The lowest BCUT2D eigenvalue weighted by Crippen LogP contribution is -2.13. The van der Waals surface area contributed by atoms with E-state index in [2.05, 4.69) is 10.6 Å². The fourth-order valence-corrected chi connectivity index (χ4v) is 2.57. The van der Waals surface area contributed by atoms with Crippen LogP contribution in [0.3, 0.4) is 0 Å². The third-order valence-corrected chi connectivity index (χ3v) is 3.86. The first-order valence-electron chi connectivity index (χ1n) is 7.73. The Kier molecular flexibility index (Phi) is 5.21. The first kappa shape index (κ1) is 16.9. The Hall–Kier alpha value is -2.98. The number of rotatable bonds is 5. The van der Waals surface area contributed by atoms with Crippen LogP contribution < -0.4 is 15.4 Å². The van der Waals surface area contributed by atoms with Gasteiger partial charge in [0.05, 0.1) is 18.4 Å². The van der Waals surface area contributed by atoms with Gasteiger partial charge in [-0.05, 0) is 54.6 Å². The molecule has 1 amide bonds. The van der Waals surface area contributed by atoms with Crippen LogP contribution in [0.1, 0.15) is 10.4 Å². The Balaban J connectivity index is 1.80. The molecule has 0 fully saturated rings. The molecule has 25 heavy (non-hydrogen) atoms. The third kappa shape index (κ3) is 4.31. The second-order valence-electron chi connectivity index (χ2n) is 5.36. The SMILES string of the molecule is COc1ccc(NC(=O)c2ccccc2Nc2cccc(Cl)c2)cc1. The number of hydrogen-bond donors (Lipinski definition) is 2. The van der Waals surface area contributed by atoms with E-state index in [1.54, 1.807) is 49.6 Å². The van der Waals surface area contributed by atoms with Gasteiger partial charge in [0.15, 0.2) is 0 Å². The van der Waals surface area contributed by atoms with E-state index in [0.717, 1.165) is 11.4 Å². The van der Waals surface area contributed by atoms with Gasteiger partial charge in [-0.15, -0.1) is 0 Å². The molecule has 3 aromatic rings. The highest BCUT2D eigenvalue weighted by atomic mass is 35.5. The van der Waals surface area contributed by atoms with Gasteiger partial charge in [0.1, 0.15) is 5.75 Å². The fourth-order valence-electron chi connectivity index (χ4n) is 2.38. The van der Waals surface area contributed by atoms with Crippen LogP contribution in [0.25, 0.3) is 0 Å². The summed E-state index contributed by atoms with van der Waals surface area (Å²) in [6, 6.07) is 21.9. The summed E-state index contributed by atoms with van der Waals surface area (Å²) in [6.45, 7) is 0. The Morgan fingerprint density at radius 2 is 1.68 bits per heavy atom. The number of amides is 1. The quantitative estimate of drug-likeness (QED) is 0.651. The number of para-hydroxylation sites is 1. The van der Waals surface area contributed by atoms with Crippen LogP contribution in [0.2, 0.25) is 5.02 Å². The van der Waals surface area contributed by atoms with Crippen molar-refractivity contribution >= 4 is 34.6 Å². The van der Waals surface area contributed by atoms with Gasteiger partial charge in [-0.25, -0.2) is 0 Å². The van der Waals surface area contributed by atoms with E-state index in [9.17, 15) is 4.79 Å². The van der Waals surface area contributed by atoms with Gasteiger partial charge >= 0.3 is 0 Å². The number of anilines is 3. The third-order valence-electron chi connectivity index (χ3n) is 3.62. The monoisotopic (exact) mass is 352 g/mol. The minimum absolute atomic E-state index is 0.199. The molecule has 4 nitrogen and oxygen atoms in total. The van der Waals surface area contributed by atoms with E-state index in [4.69, 9.17) is 16.3 Å². The molecule has 2 N–H and O–H groups in total. The molecular weight excluding hydrogens is 336 g/mol. The first-order valence-corrected chi connectivity index (χ1v) is 8.10. The molecule has 0 aromatic heterocycles. The van der Waals surface area contributed by atoms with E-state index in [1.165, 1.54) is 0 Å². The predicted octanol–water partition coefficient (Wildman–Crippen LogP) is 5.34. The number of carbonyl (C=O) groups excluding carboxylic acids is 1. The summed E-state index contributed by atoms with van der Waals surface area (Å²) >= 11 is 6.02. The number of methoxy groups -OCH3 is 1. The zero-order valence-corrected chi connectivity index (χ0v) is 14.4. The summed E-state index contributed by atoms with van der Waals surface area (Å²) in [6.07, 6.45) is 0. The molecule has 0 spiro atoms. The van der Waals surface area contributed by atoms with Gasteiger partial charge < -0.3 is 15.4 Å². The molecule has 3 aromatic carbocycles. The topological polar surface area (TPSA) is 50.4 Å². The molecule has 0 aliphatic heterocycles. The van der Waals surface area contributed by atoms with Crippen molar-refractivity contribution in [1.29, 1.82) is 0 Å². The van der Waals surface area contributed by atoms with Crippen LogP contribution in [-0.4, -0.2) is 13.0 Å². The molecule has 0 saturated carbocycles. The van der Waals surface area contributed by atoms with Crippen molar-refractivity contribution in [2.45, 2.75) is 0 Å². The molecule has 0 radical (unpaired) electrons. The van der Waals surface area contributed by atoms with Crippen LogP contribution in [0, 0.1) is 0 Å². The molecule has 0 aliphatic carbocycles. The van der Waals surface area contributed by atoms with E-state index >= 15 is 0 Å². The summed E-state index contributed by atoms with van der Waals surface area (Å²) in [5.41, 5.74) is 2.76. The largest absolute Gasteiger partial charge is 0.497 e. The van der Waals surface area contributed by atoms with Crippen molar-refractivity contribution in [3.05, 3.63) is 83.4 Å². The average molecular weight is 353 g/mol. The van der Waals surface area contributed by atoms with Crippen molar-refractivity contribution in [3.8, 4) is 5.75 Å². The van der Waals surface area contributed by atoms with E-state index < -0.39 is 0 Å². The number of halogens is 1. The molecule has 0 aliphatic rings. The highest BCUT2D eigenvalue weighted by molar-refractivity contribution is 6.30. The molecule has 0 heterocycles. The Morgan fingerprint density at radius 3 is 2.40 bits per heavy atom. The smallest absolute Gasteiger partial charge is 0.257 e. The van der Waals surface area contributed by atoms with Gasteiger partial charge in [-0.1, -0.05) is 29.8 Å². The van der Waals surface area contributed by atoms with Crippen molar-refractivity contribution in [1.82, 2.24) is 0 Å². The van der Waals surface area contributed by atoms with Crippen LogP contribution in [0.5, 0.6) is 5.75 Å². The van der Waals surface area contributed by atoms with Gasteiger partial charge in [0.25, 0.3) is 5.91 Å². The van der Waals surface area contributed by atoms with Crippen molar-refractivity contribution < 1.29 is 9.53 Å². The number of hydrogen-bond acceptors (Lipinski definition) is 3. The lowest BCUT2D eigenvalue weighted by Gasteiger charge is -2.13. The number of nitrogens with one attached hydrogen (secondary N) is 2. The highest BCUT2D eigenvalue weighted by Gasteiger charge is 2.11. The van der Waals surface area contributed by atoms with Crippen LogP contribution in [0.4, 0.5) is 17.1 Å². The van der Waals surface area contributed by atoms with Crippen LogP contribution in [-0.2, 0) is 0 Å². The summed E-state index contributed by atoms with van der Waals surface area (Å²) in [5.74, 6) is 0.538. The van der Waals surface area contributed by atoms with E-state index in [1.807, 2.05) is 30.3 Å². The lowest BCUT2D eigenvalue weighted by atomic mass is 10.1. The lowest BCUT2D eigenvalue weighted by molar-refractivity contribution is 0.102. The summed E-state index contributed by atoms with van der Waals surface area (Å²) in [5, 5.41) is 6.75. The van der Waals surface area contributed by atoms with Crippen molar-refractivity contribution in [3.63, 3.8) is 0 Å². The zero-order chi connectivity index (χ0) is 17.6. The van der Waals surface area contributed by atoms with Crippen LogP contribution >= 0.6 is 11.6 Å². The maximum Gasteiger partial charge on any atom is 0.257 e. The second-order valence-corrected chi connectivity index (χ2v) is 5.80. The molecule has 5 heteroatoms. The normalized spacial score (nSPS) is 10.2. The average Bonchev–Trinajstić information content (AvgIpc) is 2.63. The van der Waals surface area contributed by atoms with Crippen LogP contribution in [0.15, 0.2) is 72.8 Å². The second kappa shape index (κ2) is 7.73. The minimum atomic E-state index is -0.199. The molecule has 0 atom stereocenters. The standard InChI is InChI=1S/C20H17ClN2O2/c1-25-17-11-9-15(10-12-17)23-20(24)18-7-2-3-8-19(18)22-16-6-4-5-14(21)13-16/h2-13,22H,1H3,(H,23,24). The Morgan fingerprint density at radius 1 is 0.920 bits per heavy atom. The molecule has 0 bridgehead atoms. The van der Waals surface area contributed by atoms with Gasteiger partial charge in [0.2, 0.25) is 0 Å². The Labute approximate surface area is 151 Å². The molecule has 3 rings (SSSR count). The van der Waals surface area contributed by atoms with Crippen molar-refractivity contribution in [2.24, 2.45) is 0 Å². The number of ether oxygens (including phenoxy) is 1. The molecule has 0 saturated heterocycles. The highest BCUT2D eigenvalue weighted by Crippen LogP contribution is 2.24.